The van der Waals surface area contributed by atoms with Gasteiger partial charge < -0.3 is 4.74 Å². The number of aliphatic imine (C=N–C) groups is 2. The number of halogens is 10. The normalized spacial score (nSPS) is 18.3. The highest BCUT2D eigenvalue weighted by Crippen LogP contribution is 2.49. The lowest BCUT2D eigenvalue weighted by molar-refractivity contribution is -0.294. The Morgan fingerprint density at radius 1 is 0.880 bits per heavy atom. The molecule has 25 heavy (non-hydrogen) atoms. The van der Waals surface area contributed by atoms with Crippen LogP contribution < -0.4 is 0 Å². The van der Waals surface area contributed by atoms with E-state index in [1.165, 1.54) is 6.07 Å². The molecule has 0 aliphatic carbocycles. The summed E-state index contributed by atoms with van der Waals surface area (Å²) in [5.74, 6) is -4.30. The van der Waals surface area contributed by atoms with E-state index in [1.807, 2.05) is 0 Å². The molecule has 1 aromatic carbocycles. The van der Waals surface area contributed by atoms with E-state index in [2.05, 4.69) is 9.73 Å². The zero-order chi connectivity index (χ0) is 19.3. The molecule has 0 radical (unpaired) electrons. The van der Waals surface area contributed by atoms with Gasteiger partial charge in [-0.15, -0.1) is 0 Å². The summed E-state index contributed by atoms with van der Waals surface area (Å²) in [6.45, 7) is 0. The van der Waals surface area contributed by atoms with Gasteiger partial charge in [-0.2, -0.15) is 44.5 Å². The fraction of sp³-hybridized carbons (Fsp3) is 0.333. The fourth-order valence-corrected chi connectivity index (χ4v) is 1.93. The van der Waals surface area contributed by atoms with Gasteiger partial charge in [0.25, 0.3) is 0 Å². The summed E-state index contributed by atoms with van der Waals surface area (Å²) in [7, 11) is 0. The lowest BCUT2D eigenvalue weighted by atomic mass is 10.1. The summed E-state index contributed by atoms with van der Waals surface area (Å²) in [5, 5.41) is -0.176. The number of hydrogen-bond donors (Lipinski definition) is 0. The first-order valence-electron chi connectivity index (χ1n) is 6.01. The van der Waals surface area contributed by atoms with Crippen LogP contribution in [-0.2, 0) is 4.74 Å². The molecule has 3 nitrogen and oxygen atoms in total. The number of benzene rings is 1. The third kappa shape index (κ3) is 3.53. The summed E-state index contributed by atoms with van der Waals surface area (Å²) >= 11 is 5.53. The molecule has 0 N–H and O–H groups in total. The molecule has 1 aliphatic heterocycles. The molecular formula is C12H4ClF9N2O. The first-order valence-corrected chi connectivity index (χ1v) is 6.39. The molecule has 1 aliphatic rings. The van der Waals surface area contributed by atoms with Crippen LogP contribution in [0.2, 0.25) is 5.02 Å². The van der Waals surface area contributed by atoms with Crippen molar-refractivity contribution < 1.29 is 44.3 Å². The summed E-state index contributed by atoms with van der Waals surface area (Å²) in [6, 6.07) is 3.93. The zero-order valence-corrected chi connectivity index (χ0v) is 12.1. The van der Waals surface area contributed by atoms with Gasteiger partial charge in [-0.25, -0.2) is 4.99 Å². The van der Waals surface area contributed by atoms with Crippen molar-refractivity contribution in [1.29, 1.82) is 0 Å². The number of rotatable bonds is 1. The van der Waals surface area contributed by atoms with Crippen molar-refractivity contribution in [3.63, 3.8) is 0 Å². The summed E-state index contributed by atoms with van der Waals surface area (Å²) in [4.78, 5) is 4.05. The van der Waals surface area contributed by atoms with Crippen LogP contribution in [-0.4, -0.2) is 36.0 Å². The third-order valence-electron chi connectivity index (χ3n) is 2.82. The molecule has 0 atom stereocenters. The Morgan fingerprint density at radius 2 is 1.44 bits per heavy atom. The van der Waals surface area contributed by atoms with Crippen molar-refractivity contribution in [2.75, 3.05) is 0 Å². The fourth-order valence-electron chi connectivity index (χ4n) is 1.74. The second-order valence-corrected chi connectivity index (χ2v) is 5.05. The van der Waals surface area contributed by atoms with E-state index in [0.717, 1.165) is 18.2 Å². The summed E-state index contributed by atoms with van der Waals surface area (Å²) < 4.78 is 121. The van der Waals surface area contributed by atoms with Gasteiger partial charge in [0.05, 0.1) is 0 Å². The molecule has 138 valence electrons. The predicted molar refractivity (Wildman–Crippen MR) is 67.4 cm³/mol. The molecule has 0 saturated carbocycles. The predicted octanol–water partition coefficient (Wildman–Crippen LogP) is 4.90. The number of alkyl halides is 9. The van der Waals surface area contributed by atoms with Crippen molar-refractivity contribution in [2.24, 2.45) is 9.98 Å². The topological polar surface area (TPSA) is 34.0 Å². The van der Waals surface area contributed by atoms with Gasteiger partial charge >= 0.3 is 30.1 Å². The van der Waals surface area contributed by atoms with Crippen molar-refractivity contribution in [3.8, 4) is 0 Å². The molecule has 1 aromatic rings. The highest BCUT2D eigenvalue weighted by Gasteiger charge is 2.74. The molecule has 0 bridgehead atoms. The minimum Gasteiger partial charge on any atom is -0.416 e. The van der Waals surface area contributed by atoms with Crippen molar-refractivity contribution in [3.05, 3.63) is 34.9 Å². The van der Waals surface area contributed by atoms with Crippen LogP contribution in [0.4, 0.5) is 39.5 Å². The van der Waals surface area contributed by atoms with Crippen molar-refractivity contribution >= 4 is 23.4 Å². The van der Waals surface area contributed by atoms with Crippen LogP contribution in [0, 0.1) is 0 Å². The molecule has 0 saturated heterocycles. The Kier molecular flexibility index (Phi) is 4.47. The van der Waals surface area contributed by atoms with Gasteiger partial charge in [-0.3, -0.25) is 0 Å². The maximum Gasteiger partial charge on any atom is 0.468 e. The number of hydrogen-bond acceptors (Lipinski definition) is 3. The molecule has 0 aromatic heterocycles. The lowest BCUT2D eigenvalue weighted by Crippen LogP contribution is -2.57. The van der Waals surface area contributed by atoms with E-state index in [9.17, 15) is 39.5 Å². The number of ether oxygens (including phenoxy) is 1. The van der Waals surface area contributed by atoms with Gasteiger partial charge in [-0.1, -0.05) is 17.7 Å². The Hall–Kier alpha value is -1.98. The van der Waals surface area contributed by atoms with Crippen LogP contribution in [0.3, 0.4) is 0 Å². The summed E-state index contributed by atoms with van der Waals surface area (Å²) in [5.41, 5.74) is -5.98. The zero-order valence-electron chi connectivity index (χ0n) is 11.4. The molecule has 2 rings (SSSR count). The van der Waals surface area contributed by atoms with Gasteiger partial charge in [-0.05, 0) is 18.2 Å². The number of nitrogens with zero attached hydrogens (tertiary/aromatic N) is 2. The van der Waals surface area contributed by atoms with E-state index in [0.29, 0.717) is 0 Å². The van der Waals surface area contributed by atoms with E-state index in [-0.39, 0.29) is 5.02 Å². The average molecular weight is 399 g/mol. The molecule has 0 spiro atoms. The second kappa shape index (κ2) is 5.78. The molecule has 0 unspecified atom stereocenters. The van der Waals surface area contributed by atoms with E-state index >= 15 is 0 Å². The SMILES string of the molecule is FC(F)(F)C1=NC(C(F)(F)F)(C(F)(F)F)N=C(c2cccc(Cl)c2)O1. The van der Waals surface area contributed by atoms with Gasteiger partial charge in [0.1, 0.15) is 0 Å². The molecule has 0 fully saturated rings. The Balaban J connectivity index is 2.77. The third-order valence-corrected chi connectivity index (χ3v) is 3.06. The summed E-state index contributed by atoms with van der Waals surface area (Å²) in [6.07, 6.45) is -18.3. The maximum atomic E-state index is 13.0. The average Bonchev–Trinajstić information content (AvgIpc) is 2.43. The highest BCUT2D eigenvalue weighted by atomic mass is 35.5. The monoisotopic (exact) mass is 398 g/mol. The molecule has 0 amide bonds. The van der Waals surface area contributed by atoms with Gasteiger partial charge in [0.2, 0.25) is 5.90 Å². The van der Waals surface area contributed by atoms with E-state index < -0.39 is 41.6 Å². The Bertz CT molecular complexity index is 719. The van der Waals surface area contributed by atoms with Gasteiger partial charge in [0.15, 0.2) is 0 Å². The van der Waals surface area contributed by atoms with E-state index in [4.69, 9.17) is 11.6 Å². The largest absolute Gasteiger partial charge is 0.468 e. The maximum absolute atomic E-state index is 13.0. The van der Waals surface area contributed by atoms with Crippen LogP contribution in [0.1, 0.15) is 5.56 Å². The molecule has 1 heterocycles. The molecule has 13 heteroatoms. The van der Waals surface area contributed by atoms with E-state index in [1.54, 1.807) is 4.99 Å². The minimum atomic E-state index is -6.31. The first-order chi connectivity index (χ1) is 11.2. The minimum absolute atomic E-state index is 0.176. The van der Waals surface area contributed by atoms with Crippen LogP contribution in [0.25, 0.3) is 0 Å². The van der Waals surface area contributed by atoms with Crippen LogP contribution in [0.5, 0.6) is 0 Å². The quantitative estimate of drug-likeness (QED) is 0.620. The lowest BCUT2D eigenvalue weighted by Gasteiger charge is -2.34. The Labute approximate surface area is 137 Å². The van der Waals surface area contributed by atoms with Crippen LogP contribution in [0.15, 0.2) is 34.3 Å². The van der Waals surface area contributed by atoms with Crippen molar-refractivity contribution in [1.82, 2.24) is 0 Å². The van der Waals surface area contributed by atoms with Gasteiger partial charge in [0, 0.05) is 10.6 Å². The van der Waals surface area contributed by atoms with Crippen molar-refractivity contribution in [2.45, 2.75) is 24.2 Å². The highest BCUT2D eigenvalue weighted by molar-refractivity contribution is 6.31. The smallest absolute Gasteiger partial charge is 0.416 e. The van der Waals surface area contributed by atoms with Crippen LogP contribution >= 0.6 is 11.6 Å². The standard InChI is InChI=1S/C12H4ClF9N2O/c13-6-3-1-2-5(4-6)7-23-10(11(17,18)19,12(20,21)22)24-8(25-7)9(14,15)16/h1-4H. The second-order valence-electron chi connectivity index (χ2n) is 4.61. The first kappa shape index (κ1) is 19.3. The Morgan fingerprint density at radius 3 is 1.88 bits per heavy atom. The molecular weight excluding hydrogens is 395 g/mol.